The summed E-state index contributed by atoms with van der Waals surface area (Å²) in [6.45, 7) is 0. The van der Waals surface area contributed by atoms with E-state index in [4.69, 9.17) is 0 Å². The zero-order valence-corrected chi connectivity index (χ0v) is 6.80. The molecule has 0 radical (unpaired) electrons. The maximum absolute atomic E-state index is 10.3. The minimum atomic E-state index is -0.0788. The summed E-state index contributed by atoms with van der Waals surface area (Å²) in [6, 6.07) is 3.95. The molecule has 1 aromatic carbocycles. The smallest absolute Gasteiger partial charge is 0.211 e. The second-order valence-corrected chi connectivity index (χ2v) is 2.17. The Bertz CT molecular complexity index is 457. The van der Waals surface area contributed by atoms with Crippen molar-refractivity contribution in [3.8, 4) is 0 Å². The summed E-state index contributed by atoms with van der Waals surface area (Å²) in [7, 11) is 0. The lowest BCUT2D eigenvalue weighted by Crippen LogP contribution is -1.68. The van der Waals surface area contributed by atoms with E-state index in [2.05, 4.69) is 15.2 Å². The fourth-order valence-corrected chi connectivity index (χ4v) is 0.851. The van der Waals surface area contributed by atoms with Crippen LogP contribution in [-0.2, 0) is 9.59 Å². The average Bonchev–Trinajstić information content (AvgIpc) is 2.21. The topological polar surface area (TPSA) is 88.3 Å². The van der Waals surface area contributed by atoms with Crippen LogP contribution < -0.4 is 0 Å². The standard InChI is InChI=1S/C8H3N3O3/c12-4-9-6-1-2-7(10-5-13)8(3-6)11-14/h1-3H. The molecule has 14 heavy (non-hydrogen) atoms. The van der Waals surface area contributed by atoms with Crippen molar-refractivity contribution in [2.75, 3.05) is 0 Å². The first-order chi connectivity index (χ1) is 6.81. The first-order valence-electron chi connectivity index (χ1n) is 3.45. The van der Waals surface area contributed by atoms with Gasteiger partial charge in [0, 0.05) is 0 Å². The van der Waals surface area contributed by atoms with E-state index < -0.39 is 0 Å². The highest BCUT2D eigenvalue weighted by Gasteiger charge is 2.02. The maximum Gasteiger partial charge on any atom is 0.240 e. The summed E-state index contributed by atoms with van der Waals surface area (Å²) in [6.07, 6.45) is 2.59. The van der Waals surface area contributed by atoms with Crippen molar-refractivity contribution in [2.24, 2.45) is 15.2 Å². The van der Waals surface area contributed by atoms with Crippen LogP contribution in [0.1, 0.15) is 0 Å². The van der Waals surface area contributed by atoms with Crippen molar-refractivity contribution >= 4 is 29.2 Å². The lowest BCUT2D eigenvalue weighted by atomic mass is 10.2. The summed E-state index contributed by atoms with van der Waals surface area (Å²) in [5, 5.41) is 2.62. The molecule has 0 fully saturated rings. The predicted octanol–water partition coefficient (Wildman–Crippen LogP) is 2.02. The number of benzene rings is 1. The first-order valence-corrected chi connectivity index (χ1v) is 3.45. The molecule has 0 spiro atoms. The van der Waals surface area contributed by atoms with Crippen molar-refractivity contribution in [1.82, 2.24) is 0 Å². The first kappa shape index (κ1) is 9.67. The van der Waals surface area contributed by atoms with Gasteiger partial charge >= 0.3 is 0 Å². The molecule has 0 aromatic heterocycles. The third kappa shape index (κ3) is 2.04. The van der Waals surface area contributed by atoms with Crippen LogP contribution in [0.15, 0.2) is 33.4 Å². The third-order valence-electron chi connectivity index (χ3n) is 1.40. The van der Waals surface area contributed by atoms with E-state index in [9.17, 15) is 14.5 Å². The van der Waals surface area contributed by atoms with Crippen LogP contribution >= 0.6 is 0 Å². The van der Waals surface area contributed by atoms with E-state index in [0.29, 0.717) is 0 Å². The van der Waals surface area contributed by atoms with Gasteiger partial charge in [0.15, 0.2) is 0 Å². The van der Waals surface area contributed by atoms with Gasteiger partial charge < -0.3 is 0 Å². The molecule has 1 rings (SSSR count). The molecule has 0 aliphatic carbocycles. The molecule has 6 heteroatoms. The van der Waals surface area contributed by atoms with Gasteiger partial charge in [-0.3, -0.25) is 0 Å². The Morgan fingerprint density at radius 3 is 2.29 bits per heavy atom. The summed E-state index contributed by atoms with van der Waals surface area (Å²) < 4.78 is 0. The number of nitrogens with zero attached hydrogens (tertiary/aromatic N) is 3. The summed E-state index contributed by atoms with van der Waals surface area (Å²) in [5.74, 6) is 0. The summed E-state index contributed by atoms with van der Waals surface area (Å²) >= 11 is 0. The average molecular weight is 189 g/mol. The van der Waals surface area contributed by atoms with Gasteiger partial charge in [-0.2, -0.15) is 9.98 Å². The largest absolute Gasteiger partial charge is 0.240 e. The molecule has 0 N–H and O–H groups in total. The fourth-order valence-electron chi connectivity index (χ4n) is 0.851. The minimum absolute atomic E-state index is 0.0788. The fraction of sp³-hybridized carbons (Fsp3) is 0. The van der Waals surface area contributed by atoms with Gasteiger partial charge in [0.2, 0.25) is 12.2 Å². The summed E-state index contributed by atoms with van der Waals surface area (Å²) in [4.78, 5) is 36.6. The Hall–Kier alpha value is -2.42. The van der Waals surface area contributed by atoms with Crippen molar-refractivity contribution in [3.05, 3.63) is 23.1 Å². The molecule has 68 valence electrons. The van der Waals surface area contributed by atoms with E-state index in [1.165, 1.54) is 30.4 Å². The molecule has 0 bridgehead atoms. The van der Waals surface area contributed by atoms with Gasteiger partial charge in [-0.25, -0.2) is 9.59 Å². The molecular weight excluding hydrogens is 186 g/mol. The zero-order valence-electron chi connectivity index (χ0n) is 6.80. The van der Waals surface area contributed by atoms with Gasteiger partial charge in [-0.05, 0) is 23.4 Å². The van der Waals surface area contributed by atoms with Gasteiger partial charge in [-0.15, -0.1) is 4.91 Å². The highest BCUT2D eigenvalue weighted by molar-refractivity contribution is 5.70. The van der Waals surface area contributed by atoms with E-state index in [0.717, 1.165) is 0 Å². The highest BCUT2D eigenvalue weighted by Crippen LogP contribution is 2.31. The lowest BCUT2D eigenvalue weighted by molar-refractivity contribution is 0.564. The van der Waals surface area contributed by atoms with Crippen LogP contribution in [0, 0.1) is 4.91 Å². The van der Waals surface area contributed by atoms with E-state index in [1.807, 2.05) is 0 Å². The summed E-state index contributed by atoms with van der Waals surface area (Å²) in [5.41, 5.74) is 0.226. The van der Waals surface area contributed by atoms with Crippen molar-refractivity contribution in [1.29, 1.82) is 0 Å². The van der Waals surface area contributed by atoms with Crippen LogP contribution in [0.2, 0.25) is 0 Å². The Kier molecular flexibility index (Phi) is 3.15. The second kappa shape index (κ2) is 4.57. The van der Waals surface area contributed by atoms with Crippen molar-refractivity contribution in [3.63, 3.8) is 0 Å². The second-order valence-electron chi connectivity index (χ2n) is 2.17. The van der Waals surface area contributed by atoms with Gasteiger partial charge in [0.1, 0.15) is 11.4 Å². The molecule has 0 heterocycles. The molecular formula is C8H3N3O3. The molecule has 0 amide bonds. The monoisotopic (exact) mass is 189 g/mol. The molecule has 0 atom stereocenters. The van der Waals surface area contributed by atoms with Gasteiger partial charge in [0.05, 0.1) is 5.69 Å². The van der Waals surface area contributed by atoms with Crippen LogP contribution in [0.25, 0.3) is 0 Å². The number of rotatable bonds is 3. The van der Waals surface area contributed by atoms with E-state index in [-0.39, 0.29) is 17.1 Å². The number of isocyanates is 2. The Morgan fingerprint density at radius 2 is 1.71 bits per heavy atom. The van der Waals surface area contributed by atoms with Crippen molar-refractivity contribution < 1.29 is 9.59 Å². The Morgan fingerprint density at radius 1 is 1.00 bits per heavy atom. The molecule has 0 saturated carbocycles. The third-order valence-corrected chi connectivity index (χ3v) is 1.40. The number of carbonyl (C=O) groups excluding carboxylic acids is 2. The molecule has 6 nitrogen and oxygen atoms in total. The highest BCUT2D eigenvalue weighted by atomic mass is 16.3. The van der Waals surface area contributed by atoms with E-state index >= 15 is 0 Å². The number of hydrogen-bond donors (Lipinski definition) is 0. The number of aliphatic imine (C=N–C) groups is 2. The zero-order chi connectivity index (χ0) is 10.4. The van der Waals surface area contributed by atoms with Crippen LogP contribution in [0.4, 0.5) is 17.1 Å². The molecule has 0 aliphatic rings. The minimum Gasteiger partial charge on any atom is -0.211 e. The molecule has 0 saturated heterocycles. The SMILES string of the molecule is O=C=Nc1ccc(N=C=O)c(N=O)c1. The van der Waals surface area contributed by atoms with Crippen molar-refractivity contribution in [2.45, 2.75) is 0 Å². The van der Waals surface area contributed by atoms with Crippen LogP contribution in [-0.4, -0.2) is 12.2 Å². The Labute approximate surface area is 78.0 Å². The van der Waals surface area contributed by atoms with Gasteiger partial charge in [-0.1, -0.05) is 0 Å². The van der Waals surface area contributed by atoms with Crippen LogP contribution in [0.3, 0.4) is 0 Å². The number of hydrogen-bond acceptors (Lipinski definition) is 6. The van der Waals surface area contributed by atoms with E-state index in [1.54, 1.807) is 0 Å². The molecule has 0 aliphatic heterocycles. The maximum atomic E-state index is 10.3. The predicted molar refractivity (Wildman–Crippen MR) is 47.5 cm³/mol. The van der Waals surface area contributed by atoms with Crippen LogP contribution in [0.5, 0.6) is 0 Å². The number of nitroso groups, excluding NO2 is 1. The normalized spacial score (nSPS) is 8.29. The van der Waals surface area contributed by atoms with Gasteiger partial charge in [0.25, 0.3) is 0 Å². The molecule has 1 aromatic rings. The lowest BCUT2D eigenvalue weighted by Gasteiger charge is -1.94. The quantitative estimate of drug-likeness (QED) is 0.413. The Balaban J connectivity index is 3.30. The molecule has 0 unspecified atom stereocenters.